The average molecular weight is 359 g/mol. The fourth-order valence-electron chi connectivity index (χ4n) is 3.18. The van der Waals surface area contributed by atoms with E-state index in [1.807, 2.05) is 42.5 Å². The number of hydrogen-bond acceptors (Lipinski definition) is 2. The van der Waals surface area contributed by atoms with Gasteiger partial charge in [-0.3, -0.25) is 5.01 Å². The normalized spacial score (nSPS) is 16.9. The Kier molecular flexibility index (Phi) is 4.85. The van der Waals surface area contributed by atoms with Crippen molar-refractivity contribution in [2.75, 3.05) is 5.01 Å². The fourth-order valence-corrected chi connectivity index (χ4v) is 3.37. The molecule has 1 heterocycles. The first-order valence-corrected chi connectivity index (χ1v) is 9.08. The van der Waals surface area contributed by atoms with Gasteiger partial charge in [-0.2, -0.15) is 5.10 Å². The van der Waals surface area contributed by atoms with Crippen LogP contribution in [0.5, 0.6) is 0 Å². The minimum absolute atomic E-state index is 0.171. The van der Waals surface area contributed by atoms with Crippen LogP contribution in [0.15, 0.2) is 96.1 Å². The molecule has 0 spiro atoms. The summed E-state index contributed by atoms with van der Waals surface area (Å²) in [5.74, 6) is 0. The van der Waals surface area contributed by atoms with E-state index >= 15 is 0 Å². The highest BCUT2D eigenvalue weighted by Crippen LogP contribution is 2.36. The summed E-state index contributed by atoms with van der Waals surface area (Å²) in [5.41, 5.74) is 4.49. The summed E-state index contributed by atoms with van der Waals surface area (Å²) in [6, 6.07) is 28.8. The number of hydrazone groups is 1. The molecule has 0 aliphatic carbocycles. The predicted octanol–water partition coefficient (Wildman–Crippen LogP) is 6.36. The smallest absolute Gasteiger partial charge is 0.0831 e. The zero-order valence-corrected chi connectivity index (χ0v) is 15.1. The van der Waals surface area contributed by atoms with Crippen LogP contribution in [0.2, 0.25) is 5.02 Å². The highest BCUT2D eigenvalue weighted by atomic mass is 35.5. The summed E-state index contributed by atoms with van der Waals surface area (Å²) in [6.45, 7) is 0. The molecule has 3 aromatic carbocycles. The monoisotopic (exact) mass is 358 g/mol. The molecule has 0 amide bonds. The average Bonchev–Trinajstić information content (AvgIpc) is 3.12. The predicted molar refractivity (Wildman–Crippen MR) is 111 cm³/mol. The SMILES string of the molecule is Clc1cccc(N2N=C(/C=C/c3ccccc3)CC2c2ccccc2)c1. The van der Waals surface area contributed by atoms with Crippen LogP contribution in [0.3, 0.4) is 0 Å². The van der Waals surface area contributed by atoms with E-state index in [1.165, 1.54) is 11.1 Å². The van der Waals surface area contributed by atoms with E-state index in [4.69, 9.17) is 16.7 Å². The molecule has 0 saturated carbocycles. The zero-order chi connectivity index (χ0) is 17.8. The second-order valence-corrected chi connectivity index (χ2v) is 6.73. The minimum atomic E-state index is 0.171. The van der Waals surface area contributed by atoms with Crippen molar-refractivity contribution in [2.24, 2.45) is 5.10 Å². The van der Waals surface area contributed by atoms with Gasteiger partial charge in [-0.05, 0) is 35.4 Å². The third-order valence-corrected chi connectivity index (χ3v) is 4.69. The van der Waals surface area contributed by atoms with Crippen LogP contribution < -0.4 is 5.01 Å². The second kappa shape index (κ2) is 7.59. The molecule has 0 saturated heterocycles. The third-order valence-electron chi connectivity index (χ3n) is 4.46. The minimum Gasteiger partial charge on any atom is -0.257 e. The van der Waals surface area contributed by atoms with Crippen LogP contribution >= 0.6 is 11.6 Å². The number of hydrogen-bond donors (Lipinski definition) is 0. The van der Waals surface area contributed by atoms with Crippen LogP contribution in [-0.4, -0.2) is 5.71 Å². The standard InChI is InChI=1S/C23H19ClN2/c24-20-12-7-13-22(16-20)26-23(19-10-5-2-6-11-19)17-21(25-26)15-14-18-8-3-1-4-9-18/h1-16,23H,17H2/b15-14+. The van der Waals surface area contributed by atoms with Crippen molar-refractivity contribution in [3.8, 4) is 0 Å². The molecule has 2 nitrogen and oxygen atoms in total. The van der Waals surface area contributed by atoms with Gasteiger partial charge >= 0.3 is 0 Å². The zero-order valence-electron chi connectivity index (χ0n) is 14.3. The van der Waals surface area contributed by atoms with E-state index < -0.39 is 0 Å². The lowest BCUT2D eigenvalue weighted by atomic mass is 10.0. The maximum atomic E-state index is 6.21. The molecule has 1 unspecified atom stereocenters. The summed E-state index contributed by atoms with van der Waals surface area (Å²) in [5, 5.41) is 7.67. The Morgan fingerprint density at radius 2 is 1.58 bits per heavy atom. The number of allylic oxidation sites excluding steroid dienone is 1. The summed E-state index contributed by atoms with van der Waals surface area (Å²) >= 11 is 6.21. The molecule has 1 aliphatic heterocycles. The highest BCUT2D eigenvalue weighted by Gasteiger charge is 2.28. The number of anilines is 1. The Morgan fingerprint density at radius 3 is 2.31 bits per heavy atom. The van der Waals surface area contributed by atoms with Crippen molar-refractivity contribution in [1.82, 2.24) is 0 Å². The molecule has 0 fully saturated rings. The number of nitrogens with zero attached hydrogens (tertiary/aromatic N) is 2. The van der Waals surface area contributed by atoms with Crippen LogP contribution in [0, 0.1) is 0 Å². The van der Waals surface area contributed by atoms with E-state index in [0.717, 1.165) is 22.8 Å². The van der Waals surface area contributed by atoms with Crippen molar-refractivity contribution in [3.63, 3.8) is 0 Å². The molecule has 3 heteroatoms. The molecule has 1 atom stereocenters. The first-order chi connectivity index (χ1) is 12.8. The lowest BCUT2D eigenvalue weighted by Crippen LogP contribution is -2.18. The summed E-state index contributed by atoms with van der Waals surface area (Å²) in [6.07, 6.45) is 5.08. The van der Waals surface area contributed by atoms with Gasteiger partial charge < -0.3 is 0 Å². The summed E-state index contributed by atoms with van der Waals surface area (Å²) < 4.78 is 0. The van der Waals surface area contributed by atoms with Gasteiger partial charge in [0, 0.05) is 11.4 Å². The second-order valence-electron chi connectivity index (χ2n) is 6.29. The van der Waals surface area contributed by atoms with E-state index in [2.05, 4.69) is 59.6 Å². The molecular weight excluding hydrogens is 340 g/mol. The Hall–Kier alpha value is -2.84. The van der Waals surface area contributed by atoms with Gasteiger partial charge in [0.15, 0.2) is 0 Å². The number of halogens is 1. The van der Waals surface area contributed by atoms with Gasteiger partial charge in [-0.25, -0.2) is 0 Å². The summed E-state index contributed by atoms with van der Waals surface area (Å²) in [7, 11) is 0. The van der Waals surface area contributed by atoms with Crippen LogP contribution in [0.1, 0.15) is 23.6 Å². The third kappa shape index (κ3) is 3.71. The quantitative estimate of drug-likeness (QED) is 0.529. The van der Waals surface area contributed by atoms with Crippen molar-refractivity contribution < 1.29 is 0 Å². The Bertz CT molecular complexity index is 933. The Labute approximate surface area is 159 Å². The maximum Gasteiger partial charge on any atom is 0.0831 e. The van der Waals surface area contributed by atoms with Crippen molar-refractivity contribution in [3.05, 3.63) is 107 Å². The van der Waals surface area contributed by atoms with Gasteiger partial charge in [0.1, 0.15) is 0 Å². The van der Waals surface area contributed by atoms with Crippen LogP contribution in [-0.2, 0) is 0 Å². The van der Waals surface area contributed by atoms with Gasteiger partial charge in [0.25, 0.3) is 0 Å². The fraction of sp³-hybridized carbons (Fsp3) is 0.0870. The van der Waals surface area contributed by atoms with Gasteiger partial charge in [-0.15, -0.1) is 0 Å². The molecule has 0 radical (unpaired) electrons. The molecule has 128 valence electrons. The summed E-state index contributed by atoms with van der Waals surface area (Å²) in [4.78, 5) is 0. The van der Waals surface area contributed by atoms with E-state index in [1.54, 1.807) is 0 Å². The van der Waals surface area contributed by atoms with E-state index in [0.29, 0.717) is 0 Å². The Morgan fingerprint density at radius 1 is 0.846 bits per heavy atom. The largest absolute Gasteiger partial charge is 0.257 e. The Balaban J connectivity index is 1.66. The topological polar surface area (TPSA) is 15.6 Å². The maximum absolute atomic E-state index is 6.21. The lowest BCUT2D eigenvalue weighted by Gasteiger charge is -2.24. The van der Waals surface area contributed by atoms with Gasteiger partial charge in [0.05, 0.1) is 17.4 Å². The van der Waals surface area contributed by atoms with E-state index in [9.17, 15) is 0 Å². The molecule has 0 aromatic heterocycles. The van der Waals surface area contributed by atoms with Gasteiger partial charge in [-0.1, -0.05) is 84.4 Å². The first kappa shape index (κ1) is 16.6. The first-order valence-electron chi connectivity index (χ1n) is 8.70. The van der Waals surface area contributed by atoms with Gasteiger partial charge in [0.2, 0.25) is 0 Å². The number of rotatable bonds is 4. The van der Waals surface area contributed by atoms with Crippen LogP contribution in [0.4, 0.5) is 5.69 Å². The van der Waals surface area contributed by atoms with Crippen LogP contribution in [0.25, 0.3) is 6.08 Å². The highest BCUT2D eigenvalue weighted by molar-refractivity contribution is 6.30. The molecule has 26 heavy (non-hydrogen) atoms. The van der Waals surface area contributed by atoms with Crippen molar-refractivity contribution in [2.45, 2.75) is 12.5 Å². The molecule has 0 N–H and O–H groups in total. The van der Waals surface area contributed by atoms with E-state index in [-0.39, 0.29) is 6.04 Å². The van der Waals surface area contributed by atoms with Crippen molar-refractivity contribution in [1.29, 1.82) is 0 Å². The number of benzene rings is 3. The molecule has 4 rings (SSSR count). The molecular formula is C23H19ClN2. The van der Waals surface area contributed by atoms with Crippen molar-refractivity contribution >= 4 is 29.1 Å². The molecule has 3 aromatic rings. The molecule has 0 bridgehead atoms. The molecule has 1 aliphatic rings. The lowest BCUT2D eigenvalue weighted by molar-refractivity contribution is 0.709.